The third-order valence-electron chi connectivity index (χ3n) is 4.24. The lowest BCUT2D eigenvalue weighted by atomic mass is 10.1. The Hall–Kier alpha value is -2.59. The molecule has 0 aliphatic carbocycles. The maximum absolute atomic E-state index is 12.5. The molecule has 0 saturated carbocycles. The average molecular weight is 561 g/mol. The molecule has 7 heteroatoms. The van der Waals surface area contributed by atoms with Crippen molar-refractivity contribution in [3.63, 3.8) is 0 Å². The van der Waals surface area contributed by atoms with Gasteiger partial charge in [0.25, 0.3) is 5.91 Å². The number of carbonyl (C=O) groups excluding carboxylic acids is 1. The second kappa shape index (κ2) is 10.6. The monoisotopic (exact) mass is 558 g/mol. The van der Waals surface area contributed by atoms with Gasteiger partial charge in [-0.25, -0.2) is 0 Å². The van der Waals surface area contributed by atoms with Crippen LogP contribution in [0.25, 0.3) is 6.08 Å². The molecule has 3 aromatic rings. The van der Waals surface area contributed by atoms with Gasteiger partial charge in [-0.2, -0.15) is 5.26 Å². The number of benzene rings is 3. The second-order valence-electron chi connectivity index (χ2n) is 6.73. The Bertz CT molecular complexity index is 1180. The van der Waals surface area contributed by atoms with E-state index in [1.807, 2.05) is 31.2 Å². The molecule has 0 fully saturated rings. The van der Waals surface area contributed by atoms with Gasteiger partial charge in [-0.3, -0.25) is 4.79 Å². The van der Waals surface area contributed by atoms with Crippen molar-refractivity contribution in [1.82, 2.24) is 0 Å². The van der Waals surface area contributed by atoms with Gasteiger partial charge in [-0.15, -0.1) is 0 Å². The highest BCUT2D eigenvalue weighted by Crippen LogP contribution is 2.36. The van der Waals surface area contributed by atoms with E-state index in [1.165, 1.54) is 11.6 Å². The summed E-state index contributed by atoms with van der Waals surface area (Å²) in [5, 5.41) is 12.6. The van der Waals surface area contributed by atoms with Crippen molar-refractivity contribution in [3.8, 4) is 11.8 Å². The number of carbonyl (C=O) groups is 1. The van der Waals surface area contributed by atoms with E-state index in [2.05, 4.69) is 43.2 Å². The van der Waals surface area contributed by atoms with Crippen LogP contribution >= 0.6 is 43.5 Å². The van der Waals surface area contributed by atoms with Crippen LogP contribution in [-0.4, -0.2) is 5.91 Å². The summed E-state index contributed by atoms with van der Waals surface area (Å²) in [7, 11) is 0. The standard InChI is InChI=1S/C24H17Br2ClN2O2/c1-15-4-2-5-16(8-15)14-31-23-21(25)10-17(11-22(23)26)9-18(13-28)24(30)29-20-7-3-6-19(27)12-20/h2-12H,14H2,1H3,(H,29,30)/b18-9+. The van der Waals surface area contributed by atoms with Gasteiger partial charge in [0.1, 0.15) is 24.0 Å². The van der Waals surface area contributed by atoms with E-state index in [0.717, 1.165) is 5.56 Å². The zero-order valence-electron chi connectivity index (χ0n) is 16.5. The van der Waals surface area contributed by atoms with E-state index in [1.54, 1.807) is 36.4 Å². The van der Waals surface area contributed by atoms with Crippen LogP contribution in [-0.2, 0) is 11.4 Å². The number of nitriles is 1. The second-order valence-corrected chi connectivity index (χ2v) is 8.87. The minimum Gasteiger partial charge on any atom is -0.487 e. The first-order valence-corrected chi connectivity index (χ1v) is 11.2. The molecular weight excluding hydrogens is 544 g/mol. The van der Waals surface area contributed by atoms with E-state index in [4.69, 9.17) is 16.3 Å². The minimum absolute atomic E-state index is 0.0350. The predicted octanol–water partition coefficient (Wildman–Crippen LogP) is 7.30. The number of amides is 1. The van der Waals surface area contributed by atoms with Crippen molar-refractivity contribution in [2.45, 2.75) is 13.5 Å². The van der Waals surface area contributed by atoms with Crippen molar-refractivity contribution in [3.05, 3.63) is 96.9 Å². The van der Waals surface area contributed by atoms with Gasteiger partial charge in [0.05, 0.1) is 8.95 Å². The van der Waals surface area contributed by atoms with Crippen molar-refractivity contribution in [2.75, 3.05) is 5.32 Å². The van der Waals surface area contributed by atoms with E-state index in [0.29, 0.717) is 37.6 Å². The van der Waals surface area contributed by atoms with Crippen molar-refractivity contribution in [2.24, 2.45) is 0 Å². The summed E-state index contributed by atoms with van der Waals surface area (Å²) >= 11 is 13.0. The highest BCUT2D eigenvalue weighted by Gasteiger charge is 2.13. The highest BCUT2D eigenvalue weighted by molar-refractivity contribution is 9.11. The lowest BCUT2D eigenvalue weighted by Crippen LogP contribution is -2.13. The summed E-state index contributed by atoms with van der Waals surface area (Å²) in [5.74, 6) is 0.123. The molecule has 4 nitrogen and oxygen atoms in total. The number of nitrogens with zero attached hydrogens (tertiary/aromatic N) is 1. The quantitative estimate of drug-likeness (QED) is 0.254. The van der Waals surface area contributed by atoms with Gasteiger partial charge in [0, 0.05) is 10.7 Å². The maximum atomic E-state index is 12.5. The Morgan fingerprint density at radius 1 is 1.13 bits per heavy atom. The smallest absolute Gasteiger partial charge is 0.266 e. The van der Waals surface area contributed by atoms with Gasteiger partial charge in [0.15, 0.2) is 0 Å². The van der Waals surface area contributed by atoms with E-state index in [9.17, 15) is 10.1 Å². The molecular formula is C24H17Br2ClN2O2. The fourth-order valence-corrected chi connectivity index (χ4v) is 4.48. The molecule has 0 spiro atoms. The van der Waals surface area contributed by atoms with Gasteiger partial charge < -0.3 is 10.1 Å². The molecule has 0 atom stereocenters. The van der Waals surface area contributed by atoms with Crippen LogP contribution in [0.4, 0.5) is 5.69 Å². The van der Waals surface area contributed by atoms with Crippen LogP contribution < -0.4 is 10.1 Å². The van der Waals surface area contributed by atoms with Crippen LogP contribution in [0.15, 0.2) is 75.2 Å². The van der Waals surface area contributed by atoms with E-state index in [-0.39, 0.29) is 5.57 Å². The molecule has 0 aliphatic rings. The highest BCUT2D eigenvalue weighted by atomic mass is 79.9. The van der Waals surface area contributed by atoms with Crippen molar-refractivity contribution in [1.29, 1.82) is 5.26 Å². The predicted molar refractivity (Wildman–Crippen MR) is 131 cm³/mol. The largest absolute Gasteiger partial charge is 0.487 e. The van der Waals surface area contributed by atoms with Crippen molar-refractivity contribution >= 4 is 61.1 Å². The molecule has 0 heterocycles. The molecule has 31 heavy (non-hydrogen) atoms. The van der Waals surface area contributed by atoms with Gasteiger partial charge in [-0.1, -0.05) is 47.5 Å². The fourth-order valence-electron chi connectivity index (χ4n) is 2.84. The summed E-state index contributed by atoms with van der Waals surface area (Å²) < 4.78 is 7.37. The lowest BCUT2D eigenvalue weighted by Gasteiger charge is -2.12. The van der Waals surface area contributed by atoms with E-state index < -0.39 is 5.91 Å². The number of ether oxygens (including phenoxy) is 1. The number of anilines is 1. The number of nitrogens with one attached hydrogen (secondary N) is 1. The topological polar surface area (TPSA) is 62.1 Å². The molecule has 0 radical (unpaired) electrons. The SMILES string of the molecule is Cc1cccc(COc2c(Br)cc(/C=C(\C#N)C(=O)Nc3cccc(Cl)c3)cc2Br)c1. The number of rotatable bonds is 6. The Labute approximate surface area is 202 Å². The Balaban J connectivity index is 1.77. The molecule has 3 rings (SSSR count). The molecule has 0 saturated heterocycles. The Morgan fingerprint density at radius 3 is 2.48 bits per heavy atom. The molecule has 0 bridgehead atoms. The minimum atomic E-state index is -0.517. The molecule has 3 aromatic carbocycles. The van der Waals surface area contributed by atoms with Crippen molar-refractivity contribution < 1.29 is 9.53 Å². The van der Waals surface area contributed by atoms with E-state index >= 15 is 0 Å². The third-order valence-corrected chi connectivity index (χ3v) is 5.66. The molecule has 0 aromatic heterocycles. The number of aryl methyl sites for hydroxylation is 1. The first kappa shape index (κ1) is 23.1. The van der Waals surface area contributed by atoms with Crippen LogP contribution in [0, 0.1) is 18.3 Å². The normalized spacial score (nSPS) is 11.0. The summed E-state index contributed by atoms with van der Waals surface area (Å²) in [6.45, 7) is 2.45. The van der Waals surface area contributed by atoms with Crippen LogP contribution in [0.1, 0.15) is 16.7 Å². The average Bonchev–Trinajstić information content (AvgIpc) is 2.71. The lowest BCUT2D eigenvalue weighted by molar-refractivity contribution is -0.112. The molecule has 1 N–H and O–H groups in total. The van der Waals surface area contributed by atoms with Crippen LogP contribution in [0.5, 0.6) is 5.75 Å². The molecule has 1 amide bonds. The number of halogens is 3. The van der Waals surface area contributed by atoms with Gasteiger partial charge in [0.2, 0.25) is 0 Å². The first-order chi connectivity index (χ1) is 14.9. The Kier molecular flexibility index (Phi) is 7.91. The summed E-state index contributed by atoms with van der Waals surface area (Å²) in [5.41, 5.74) is 3.37. The van der Waals surface area contributed by atoms with Gasteiger partial charge >= 0.3 is 0 Å². The Morgan fingerprint density at radius 2 is 1.84 bits per heavy atom. The zero-order chi connectivity index (χ0) is 22.4. The molecule has 156 valence electrons. The molecule has 0 unspecified atom stereocenters. The van der Waals surface area contributed by atoms with Crippen LogP contribution in [0.2, 0.25) is 5.02 Å². The number of hydrogen-bond acceptors (Lipinski definition) is 3. The summed E-state index contributed by atoms with van der Waals surface area (Å²) in [6.07, 6.45) is 1.51. The maximum Gasteiger partial charge on any atom is 0.266 e. The summed E-state index contributed by atoms with van der Waals surface area (Å²) in [4.78, 5) is 12.5. The molecule has 0 aliphatic heterocycles. The zero-order valence-corrected chi connectivity index (χ0v) is 20.4. The first-order valence-electron chi connectivity index (χ1n) is 9.22. The number of hydrogen-bond donors (Lipinski definition) is 1. The fraction of sp³-hybridized carbons (Fsp3) is 0.0833. The van der Waals surface area contributed by atoms with Gasteiger partial charge in [-0.05, 0) is 86.3 Å². The third kappa shape index (κ3) is 6.44. The summed E-state index contributed by atoms with van der Waals surface area (Å²) in [6, 6.07) is 20.4. The van der Waals surface area contributed by atoms with Crippen LogP contribution in [0.3, 0.4) is 0 Å².